The van der Waals surface area contributed by atoms with Gasteiger partial charge < -0.3 is 14.7 Å². The average molecular weight is 350 g/mol. The highest BCUT2D eigenvalue weighted by molar-refractivity contribution is 7.92. The Balaban J connectivity index is 2.19. The van der Waals surface area contributed by atoms with Gasteiger partial charge in [-0.25, -0.2) is 8.42 Å². The van der Waals surface area contributed by atoms with E-state index in [1.165, 1.54) is 0 Å². The van der Waals surface area contributed by atoms with Crippen LogP contribution in [0.5, 0.6) is 5.75 Å². The molecule has 0 bridgehead atoms. The molecular weight excluding hydrogens is 330 g/mol. The molecule has 1 rings (SSSR count). The van der Waals surface area contributed by atoms with Crippen LogP contribution in [0.15, 0.2) is 24.3 Å². The molecule has 0 aliphatic heterocycles. The van der Waals surface area contributed by atoms with E-state index < -0.39 is 21.6 Å². The molecule has 0 amide bonds. The van der Waals surface area contributed by atoms with Gasteiger partial charge >= 0.3 is 5.97 Å². The fourth-order valence-electron chi connectivity index (χ4n) is 1.72. The number of carboxylic acids is 1. The summed E-state index contributed by atoms with van der Waals surface area (Å²) in [5, 5.41) is 9.14. The molecule has 124 valence electrons. The SMILES string of the molecule is CN(CCCOc1ccc(Cl)cc1)CCS(=O)(=O)CC(=O)O. The van der Waals surface area contributed by atoms with Crippen molar-refractivity contribution in [1.82, 2.24) is 4.90 Å². The molecule has 0 fully saturated rings. The molecule has 1 N–H and O–H groups in total. The fraction of sp³-hybridized carbons (Fsp3) is 0.500. The maximum absolute atomic E-state index is 11.4. The number of carbonyl (C=O) groups is 1. The van der Waals surface area contributed by atoms with Crippen molar-refractivity contribution in [2.75, 3.05) is 38.2 Å². The molecule has 6 nitrogen and oxygen atoms in total. The maximum Gasteiger partial charge on any atom is 0.318 e. The Kier molecular flexibility index (Phi) is 7.64. The van der Waals surface area contributed by atoms with E-state index in [2.05, 4.69) is 0 Å². The first kappa shape index (κ1) is 18.7. The molecule has 0 atom stereocenters. The van der Waals surface area contributed by atoms with Crippen LogP contribution >= 0.6 is 11.6 Å². The van der Waals surface area contributed by atoms with Gasteiger partial charge in [-0.1, -0.05) is 11.6 Å². The summed E-state index contributed by atoms with van der Waals surface area (Å²) < 4.78 is 28.4. The Labute approximate surface area is 135 Å². The Bertz CT molecular complexity index is 573. The highest BCUT2D eigenvalue weighted by atomic mass is 35.5. The number of benzene rings is 1. The van der Waals surface area contributed by atoms with Crippen molar-refractivity contribution < 1.29 is 23.1 Å². The second kappa shape index (κ2) is 8.97. The molecule has 0 unspecified atom stereocenters. The van der Waals surface area contributed by atoms with Crippen molar-refractivity contribution in [3.05, 3.63) is 29.3 Å². The number of nitrogens with zero attached hydrogens (tertiary/aromatic N) is 1. The van der Waals surface area contributed by atoms with Crippen molar-refractivity contribution in [2.24, 2.45) is 0 Å². The fourth-order valence-corrected chi connectivity index (χ4v) is 2.96. The minimum atomic E-state index is -3.54. The smallest absolute Gasteiger partial charge is 0.318 e. The third kappa shape index (κ3) is 8.21. The third-order valence-electron chi connectivity index (χ3n) is 2.89. The summed E-state index contributed by atoms with van der Waals surface area (Å²) >= 11 is 5.77. The van der Waals surface area contributed by atoms with Crippen LogP contribution in [0.25, 0.3) is 0 Å². The van der Waals surface area contributed by atoms with E-state index in [4.69, 9.17) is 21.4 Å². The van der Waals surface area contributed by atoms with Gasteiger partial charge in [0.25, 0.3) is 0 Å². The van der Waals surface area contributed by atoms with Crippen LogP contribution in [0.2, 0.25) is 5.02 Å². The van der Waals surface area contributed by atoms with Crippen LogP contribution in [0, 0.1) is 0 Å². The Morgan fingerprint density at radius 2 is 1.91 bits per heavy atom. The van der Waals surface area contributed by atoms with Crippen LogP contribution in [0.3, 0.4) is 0 Å². The van der Waals surface area contributed by atoms with Crippen molar-refractivity contribution in [3.8, 4) is 5.75 Å². The zero-order valence-corrected chi connectivity index (χ0v) is 13.9. The van der Waals surface area contributed by atoms with Gasteiger partial charge in [0.2, 0.25) is 0 Å². The topological polar surface area (TPSA) is 83.9 Å². The number of ether oxygens (including phenoxy) is 1. The monoisotopic (exact) mass is 349 g/mol. The molecule has 1 aromatic carbocycles. The summed E-state index contributed by atoms with van der Waals surface area (Å²) in [4.78, 5) is 12.2. The lowest BCUT2D eigenvalue weighted by atomic mass is 10.3. The van der Waals surface area contributed by atoms with E-state index in [1.807, 2.05) is 4.90 Å². The number of sulfone groups is 1. The molecule has 0 spiro atoms. The first-order valence-corrected chi connectivity index (χ1v) is 8.97. The minimum absolute atomic E-state index is 0.159. The first-order valence-electron chi connectivity index (χ1n) is 6.77. The molecule has 0 aromatic heterocycles. The predicted octanol–water partition coefficient (Wildman–Crippen LogP) is 1.54. The normalized spacial score (nSPS) is 11.6. The molecular formula is C14H20ClNO5S. The molecule has 8 heteroatoms. The number of carboxylic acid groups (broad SMARTS) is 1. The van der Waals surface area contributed by atoms with Gasteiger partial charge in [-0.2, -0.15) is 0 Å². The summed E-state index contributed by atoms with van der Waals surface area (Å²) in [6.07, 6.45) is 0.734. The van der Waals surface area contributed by atoms with Crippen LogP contribution in [0.4, 0.5) is 0 Å². The Hall–Kier alpha value is -1.31. The van der Waals surface area contributed by atoms with E-state index in [-0.39, 0.29) is 5.75 Å². The molecule has 0 aliphatic carbocycles. The summed E-state index contributed by atoms with van der Waals surface area (Å²) in [6.45, 7) is 1.47. The quantitative estimate of drug-likeness (QED) is 0.645. The highest BCUT2D eigenvalue weighted by Crippen LogP contribution is 2.15. The van der Waals surface area contributed by atoms with Crippen molar-refractivity contribution in [1.29, 1.82) is 0 Å². The van der Waals surface area contributed by atoms with Gasteiger partial charge in [-0.05, 0) is 37.7 Å². The Morgan fingerprint density at radius 3 is 2.50 bits per heavy atom. The van der Waals surface area contributed by atoms with Crippen molar-refractivity contribution >= 4 is 27.4 Å². The molecule has 0 heterocycles. The van der Waals surface area contributed by atoms with Crippen molar-refractivity contribution in [3.63, 3.8) is 0 Å². The number of hydrogen-bond acceptors (Lipinski definition) is 5. The maximum atomic E-state index is 11.4. The Morgan fingerprint density at radius 1 is 1.27 bits per heavy atom. The molecule has 0 saturated heterocycles. The third-order valence-corrected chi connectivity index (χ3v) is 4.64. The largest absolute Gasteiger partial charge is 0.494 e. The lowest BCUT2D eigenvalue weighted by Crippen LogP contribution is -2.29. The van der Waals surface area contributed by atoms with Crippen LogP contribution in [-0.2, 0) is 14.6 Å². The van der Waals surface area contributed by atoms with Crippen molar-refractivity contribution in [2.45, 2.75) is 6.42 Å². The molecule has 0 saturated carbocycles. The lowest BCUT2D eigenvalue weighted by Gasteiger charge is -2.16. The molecule has 0 aliphatic rings. The van der Waals surface area contributed by atoms with Gasteiger partial charge in [-0.3, -0.25) is 4.79 Å². The zero-order valence-electron chi connectivity index (χ0n) is 12.4. The van der Waals surface area contributed by atoms with E-state index in [0.717, 1.165) is 12.2 Å². The average Bonchev–Trinajstić information content (AvgIpc) is 2.42. The summed E-state index contributed by atoms with van der Waals surface area (Å²) in [7, 11) is -1.75. The summed E-state index contributed by atoms with van der Waals surface area (Å²) in [6, 6.07) is 7.06. The second-order valence-electron chi connectivity index (χ2n) is 4.94. The lowest BCUT2D eigenvalue weighted by molar-refractivity contribution is -0.134. The van der Waals surface area contributed by atoms with Crippen LogP contribution in [0.1, 0.15) is 6.42 Å². The van der Waals surface area contributed by atoms with Gasteiger partial charge in [0.1, 0.15) is 11.5 Å². The van der Waals surface area contributed by atoms with Gasteiger partial charge in [0.15, 0.2) is 9.84 Å². The van der Waals surface area contributed by atoms with Crippen LogP contribution in [-0.4, -0.2) is 62.6 Å². The number of halogens is 1. The molecule has 1 aromatic rings. The predicted molar refractivity (Wildman–Crippen MR) is 85.4 cm³/mol. The molecule has 0 radical (unpaired) electrons. The number of hydrogen-bond donors (Lipinski definition) is 1. The number of rotatable bonds is 10. The first-order chi connectivity index (χ1) is 10.3. The van der Waals surface area contributed by atoms with Crippen LogP contribution < -0.4 is 4.74 Å². The van der Waals surface area contributed by atoms with E-state index in [1.54, 1.807) is 31.3 Å². The van der Waals surface area contributed by atoms with Gasteiger partial charge in [-0.15, -0.1) is 0 Å². The van der Waals surface area contributed by atoms with E-state index >= 15 is 0 Å². The second-order valence-corrected chi connectivity index (χ2v) is 7.57. The zero-order chi connectivity index (χ0) is 16.6. The summed E-state index contributed by atoms with van der Waals surface area (Å²) in [5.74, 6) is -1.57. The highest BCUT2D eigenvalue weighted by Gasteiger charge is 2.16. The van der Waals surface area contributed by atoms with Gasteiger partial charge in [0.05, 0.1) is 12.4 Å². The summed E-state index contributed by atoms with van der Waals surface area (Å²) in [5.41, 5.74) is 0. The van der Waals surface area contributed by atoms with E-state index in [9.17, 15) is 13.2 Å². The minimum Gasteiger partial charge on any atom is -0.494 e. The standard InChI is InChI=1S/C14H20ClNO5S/c1-16(8-10-22(19,20)11-14(17)18)7-2-9-21-13-5-3-12(15)4-6-13/h3-6H,2,7-11H2,1H3,(H,17,18). The molecule has 22 heavy (non-hydrogen) atoms. The number of aliphatic carboxylic acids is 1. The van der Waals surface area contributed by atoms with E-state index in [0.29, 0.717) is 24.7 Å². The van der Waals surface area contributed by atoms with Gasteiger partial charge in [0, 0.05) is 18.1 Å².